The quantitative estimate of drug-likeness (QED) is 0.150. The van der Waals surface area contributed by atoms with Gasteiger partial charge in [0.2, 0.25) is 17.7 Å². The summed E-state index contributed by atoms with van der Waals surface area (Å²) >= 11 is 1.44. The van der Waals surface area contributed by atoms with E-state index in [9.17, 15) is 24.0 Å². The maximum Gasteiger partial charge on any atom is 0.322 e. The zero-order valence-corrected chi connectivity index (χ0v) is 18.3. The largest absolute Gasteiger partial charge is 0.481 e. The number of hydrogen-bond donors (Lipinski definition) is 7. The van der Waals surface area contributed by atoms with Crippen LogP contribution in [0.5, 0.6) is 0 Å². The second-order valence-electron chi connectivity index (χ2n) is 6.84. The fraction of sp³-hybridized carbons (Fsp3) is 0.556. The summed E-state index contributed by atoms with van der Waals surface area (Å²) in [5.74, 6) is -4.10. The highest BCUT2D eigenvalue weighted by Crippen LogP contribution is 2.05. The minimum absolute atomic E-state index is 0.168. The molecule has 0 aliphatic carbocycles. The molecule has 178 valence electrons. The number of imidazole rings is 1. The second-order valence-corrected chi connectivity index (χ2v) is 7.82. The van der Waals surface area contributed by atoms with E-state index in [1.807, 2.05) is 6.26 Å². The van der Waals surface area contributed by atoms with Crippen molar-refractivity contribution in [1.82, 2.24) is 25.9 Å². The first kappa shape index (κ1) is 26.9. The number of H-pyrrole nitrogens is 1. The van der Waals surface area contributed by atoms with Gasteiger partial charge in [0.15, 0.2) is 0 Å². The Bertz CT molecular complexity index is 789. The minimum atomic E-state index is -1.29. The molecule has 3 atom stereocenters. The molecule has 3 unspecified atom stereocenters. The molecule has 1 heterocycles. The van der Waals surface area contributed by atoms with Crippen molar-refractivity contribution in [3.05, 3.63) is 18.2 Å². The van der Waals surface area contributed by atoms with Crippen molar-refractivity contribution in [3.8, 4) is 0 Å². The molecule has 0 aliphatic heterocycles. The van der Waals surface area contributed by atoms with Gasteiger partial charge in [-0.25, -0.2) is 4.98 Å². The van der Waals surface area contributed by atoms with Crippen LogP contribution in [-0.2, 0) is 30.4 Å². The number of aromatic nitrogens is 2. The third-order valence-corrected chi connectivity index (χ3v) is 4.91. The van der Waals surface area contributed by atoms with E-state index in [1.54, 1.807) is 0 Å². The van der Waals surface area contributed by atoms with Crippen LogP contribution in [0, 0.1) is 0 Å². The lowest BCUT2D eigenvalue weighted by atomic mass is 10.1. The van der Waals surface area contributed by atoms with Crippen molar-refractivity contribution in [1.29, 1.82) is 0 Å². The third kappa shape index (κ3) is 10.3. The van der Waals surface area contributed by atoms with Gasteiger partial charge >= 0.3 is 11.9 Å². The molecule has 13 nitrogen and oxygen atoms in total. The Hall–Kier alpha value is -3.13. The Labute approximate surface area is 188 Å². The zero-order chi connectivity index (χ0) is 24.1. The molecule has 0 aliphatic rings. The van der Waals surface area contributed by atoms with Gasteiger partial charge in [0.05, 0.1) is 12.4 Å². The number of carbonyl (C=O) groups excluding carboxylic acids is 3. The number of aliphatic carboxylic acids is 2. The lowest BCUT2D eigenvalue weighted by Gasteiger charge is -2.23. The molecule has 1 rings (SSSR count). The first-order valence-electron chi connectivity index (χ1n) is 9.67. The molecule has 0 saturated carbocycles. The molecule has 0 aromatic carbocycles. The number of aromatic amines is 1. The normalized spacial score (nSPS) is 13.4. The number of carboxylic acids is 2. The molecule has 1 aromatic heterocycles. The number of rotatable bonds is 15. The summed E-state index contributed by atoms with van der Waals surface area (Å²) < 4.78 is 0. The van der Waals surface area contributed by atoms with E-state index < -0.39 is 60.8 Å². The average Bonchev–Trinajstić information content (AvgIpc) is 3.24. The van der Waals surface area contributed by atoms with Crippen LogP contribution in [0.25, 0.3) is 0 Å². The van der Waals surface area contributed by atoms with Gasteiger partial charge < -0.3 is 36.9 Å². The Kier molecular flexibility index (Phi) is 11.8. The minimum Gasteiger partial charge on any atom is -0.481 e. The van der Waals surface area contributed by atoms with E-state index in [0.717, 1.165) is 0 Å². The Morgan fingerprint density at radius 1 is 1.06 bits per heavy atom. The van der Waals surface area contributed by atoms with Crippen LogP contribution in [0.1, 0.15) is 25.0 Å². The Morgan fingerprint density at radius 2 is 1.72 bits per heavy atom. The molecule has 0 radical (unpaired) electrons. The standard InChI is InChI=1S/C18H28N6O7S/c1-32-5-4-13(23-16(29)11(19)6-10-7-20-9-22-10)18(31)24-12(2-3-14(25)26)17(30)21-8-15(27)28/h7,9,11-13H,2-6,8,19H2,1H3,(H,20,22)(H,21,30)(H,23,29)(H,24,31)(H,25,26)(H,27,28). The highest BCUT2D eigenvalue weighted by atomic mass is 32.2. The number of amides is 3. The Balaban J connectivity index is 2.83. The van der Waals surface area contributed by atoms with Crippen molar-refractivity contribution < 1.29 is 34.2 Å². The monoisotopic (exact) mass is 472 g/mol. The second kappa shape index (κ2) is 14.0. The highest BCUT2D eigenvalue weighted by Gasteiger charge is 2.28. The van der Waals surface area contributed by atoms with Crippen LogP contribution in [0.4, 0.5) is 0 Å². The summed E-state index contributed by atoms with van der Waals surface area (Å²) in [6.45, 7) is -0.687. The predicted molar refractivity (Wildman–Crippen MR) is 115 cm³/mol. The van der Waals surface area contributed by atoms with Crippen LogP contribution in [0.15, 0.2) is 12.5 Å². The SMILES string of the molecule is CSCCC(NC(=O)C(N)Cc1cnc[nH]1)C(=O)NC(CCC(=O)O)C(=O)NCC(=O)O. The number of nitrogens with one attached hydrogen (secondary N) is 4. The number of hydrogen-bond acceptors (Lipinski definition) is 8. The lowest BCUT2D eigenvalue weighted by Crippen LogP contribution is -2.56. The van der Waals surface area contributed by atoms with Gasteiger partial charge in [0, 0.05) is 24.7 Å². The fourth-order valence-corrected chi connectivity index (χ4v) is 3.08. The van der Waals surface area contributed by atoms with Crippen molar-refractivity contribution in [2.75, 3.05) is 18.6 Å². The van der Waals surface area contributed by atoms with E-state index in [4.69, 9.17) is 15.9 Å². The van der Waals surface area contributed by atoms with Crippen molar-refractivity contribution in [2.45, 2.75) is 43.8 Å². The molecular weight excluding hydrogens is 444 g/mol. The highest BCUT2D eigenvalue weighted by molar-refractivity contribution is 7.98. The fourth-order valence-electron chi connectivity index (χ4n) is 2.60. The summed E-state index contributed by atoms with van der Waals surface area (Å²) in [5.41, 5.74) is 6.54. The van der Waals surface area contributed by atoms with Crippen molar-refractivity contribution in [3.63, 3.8) is 0 Å². The van der Waals surface area contributed by atoms with Crippen molar-refractivity contribution >= 4 is 41.4 Å². The summed E-state index contributed by atoms with van der Waals surface area (Å²) in [7, 11) is 0. The molecule has 14 heteroatoms. The summed E-state index contributed by atoms with van der Waals surface area (Å²) in [6.07, 6.45) is 4.50. The number of nitrogens with two attached hydrogens (primary N) is 1. The van der Waals surface area contributed by atoms with Gasteiger partial charge in [-0.15, -0.1) is 0 Å². The van der Waals surface area contributed by atoms with Crippen LogP contribution >= 0.6 is 11.8 Å². The molecule has 0 saturated heterocycles. The van der Waals surface area contributed by atoms with Crippen LogP contribution in [-0.4, -0.2) is 86.5 Å². The predicted octanol–water partition coefficient (Wildman–Crippen LogP) is -1.93. The van der Waals surface area contributed by atoms with E-state index in [-0.39, 0.29) is 19.3 Å². The van der Waals surface area contributed by atoms with Crippen LogP contribution < -0.4 is 21.7 Å². The van der Waals surface area contributed by atoms with E-state index in [0.29, 0.717) is 11.4 Å². The third-order valence-electron chi connectivity index (χ3n) is 4.27. The molecule has 0 fully saturated rings. The molecule has 8 N–H and O–H groups in total. The van der Waals surface area contributed by atoms with Gasteiger partial charge in [-0.1, -0.05) is 0 Å². The van der Waals surface area contributed by atoms with Gasteiger partial charge in [-0.05, 0) is 24.9 Å². The smallest absolute Gasteiger partial charge is 0.322 e. The maximum atomic E-state index is 12.8. The number of carboxylic acid groups (broad SMARTS) is 2. The van der Waals surface area contributed by atoms with Gasteiger partial charge in [0.25, 0.3) is 0 Å². The van der Waals surface area contributed by atoms with E-state index >= 15 is 0 Å². The lowest BCUT2D eigenvalue weighted by molar-refractivity contribution is -0.140. The number of thioether (sulfide) groups is 1. The molecular formula is C18H28N6O7S. The molecule has 32 heavy (non-hydrogen) atoms. The number of carbonyl (C=O) groups is 5. The summed E-state index contributed by atoms with van der Waals surface area (Å²) in [6, 6.07) is -3.27. The van der Waals surface area contributed by atoms with Crippen LogP contribution in [0.2, 0.25) is 0 Å². The van der Waals surface area contributed by atoms with Crippen LogP contribution in [0.3, 0.4) is 0 Å². The molecule has 0 bridgehead atoms. The van der Waals surface area contributed by atoms with E-state index in [2.05, 4.69) is 25.9 Å². The molecule has 1 aromatic rings. The Morgan fingerprint density at radius 3 is 2.28 bits per heavy atom. The molecule has 3 amide bonds. The zero-order valence-electron chi connectivity index (χ0n) is 17.5. The average molecular weight is 473 g/mol. The summed E-state index contributed by atoms with van der Waals surface area (Å²) in [5, 5.41) is 24.7. The molecule has 0 spiro atoms. The number of nitrogens with zero attached hydrogens (tertiary/aromatic N) is 1. The van der Waals surface area contributed by atoms with Crippen molar-refractivity contribution in [2.24, 2.45) is 5.73 Å². The topological polar surface area (TPSA) is 217 Å². The van der Waals surface area contributed by atoms with Gasteiger partial charge in [-0.3, -0.25) is 24.0 Å². The summed E-state index contributed by atoms with van der Waals surface area (Å²) in [4.78, 5) is 65.7. The first-order chi connectivity index (χ1) is 15.1. The maximum absolute atomic E-state index is 12.8. The van der Waals surface area contributed by atoms with Gasteiger partial charge in [-0.2, -0.15) is 11.8 Å². The van der Waals surface area contributed by atoms with Gasteiger partial charge in [0.1, 0.15) is 18.6 Å². The first-order valence-corrected chi connectivity index (χ1v) is 11.1. The van der Waals surface area contributed by atoms with E-state index in [1.165, 1.54) is 24.3 Å².